The summed E-state index contributed by atoms with van der Waals surface area (Å²) >= 11 is 0. The molecule has 35 heavy (non-hydrogen) atoms. The molecule has 3 aromatic carbocycles. The van der Waals surface area contributed by atoms with E-state index in [0.717, 1.165) is 48.2 Å². The predicted octanol–water partition coefficient (Wildman–Crippen LogP) is 6.19. The first-order chi connectivity index (χ1) is 17.3. The number of hydrogen-bond donors (Lipinski definition) is 2. The molecule has 174 valence electrons. The van der Waals surface area contributed by atoms with Crippen molar-refractivity contribution in [2.24, 2.45) is 0 Å². The van der Waals surface area contributed by atoms with Crippen LogP contribution in [0.2, 0.25) is 0 Å². The molecule has 1 aliphatic rings. The van der Waals surface area contributed by atoms with Gasteiger partial charge in [-0.05, 0) is 36.1 Å². The molecule has 0 aliphatic carbocycles. The van der Waals surface area contributed by atoms with E-state index in [0.29, 0.717) is 28.6 Å². The number of anilines is 3. The molecule has 0 amide bonds. The van der Waals surface area contributed by atoms with Gasteiger partial charge >= 0.3 is 0 Å². The lowest BCUT2D eigenvalue weighted by molar-refractivity contribution is 0.486. The van der Waals surface area contributed by atoms with Gasteiger partial charge in [-0.1, -0.05) is 66.7 Å². The van der Waals surface area contributed by atoms with Crippen molar-refractivity contribution in [2.75, 3.05) is 16.8 Å². The van der Waals surface area contributed by atoms with Crippen LogP contribution < -0.4 is 10.2 Å². The first-order valence-electron chi connectivity index (χ1n) is 11.8. The Hall–Kier alpha value is -4.26. The molecule has 0 bridgehead atoms. The van der Waals surface area contributed by atoms with Crippen LogP contribution in [0.3, 0.4) is 0 Å². The quantitative estimate of drug-likeness (QED) is 0.314. The van der Waals surface area contributed by atoms with Gasteiger partial charge in [0.1, 0.15) is 12.4 Å². The highest BCUT2D eigenvalue weighted by Crippen LogP contribution is 2.38. The highest BCUT2D eigenvalue weighted by Gasteiger charge is 2.26. The summed E-state index contributed by atoms with van der Waals surface area (Å²) in [4.78, 5) is 12.2. The molecule has 6 nitrogen and oxygen atoms in total. The third-order valence-corrected chi connectivity index (χ3v) is 6.44. The number of rotatable bonds is 6. The zero-order chi connectivity index (χ0) is 23.6. The first kappa shape index (κ1) is 21.3. The number of nitrogens with zero attached hydrogens (tertiary/aromatic N) is 4. The Morgan fingerprint density at radius 2 is 1.69 bits per heavy atom. The number of aromatic nitrogens is 4. The van der Waals surface area contributed by atoms with E-state index < -0.39 is 6.67 Å². The average Bonchev–Trinajstić information content (AvgIpc) is 3.32. The second kappa shape index (κ2) is 9.18. The number of benzene rings is 3. The summed E-state index contributed by atoms with van der Waals surface area (Å²) in [6.45, 7) is 1.10. The zero-order valence-corrected chi connectivity index (χ0v) is 19.2. The van der Waals surface area contributed by atoms with Crippen molar-refractivity contribution >= 4 is 28.2 Å². The van der Waals surface area contributed by atoms with Crippen molar-refractivity contribution in [1.82, 2.24) is 20.2 Å². The summed E-state index contributed by atoms with van der Waals surface area (Å²) in [6.07, 6.45) is 1.83. The van der Waals surface area contributed by atoms with E-state index in [1.54, 1.807) is 6.07 Å². The van der Waals surface area contributed by atoms with Crippen LogP contribution in [0, 0.1) is 0 Å². The van der Waals surface area contributed by atoms with Crippen LogP contribution in [0.15, 0.2) is 78.9 Å². The summed E-state index contributed by atoms with van der Waals surface area (Å²) in [6, 6.07) is 25.8. The average molecular weight is 465 g/mol. The van der Waals surface area contributed by atoms with E-state index in [1.807, 2.05) is 48.5 Å². The maximum absolute atomic E-state index is 13.8. The SMILES string of the molecule is FCc1ccccc1-c1nc2c(c(Nc3n[nH]c4ccccc34)n1)N(Cc1ccccc1)CCC2. The Labute approximate surface area is 202 Å². The fourth-order valence-corrected chi connectivity index (χ4v) is 4.75. The Bertz CT molecular complexity index is 1480. The van der Waals surface area contributed by atoms with E-state index in [-0.39, 0.29) is 0 Å². The first-order valence-corrected chi connectivity index (χ1v) is 11.8. The van der Waals surface area contributed by atoms with Gasteiger partial charge in [-0.3, -0.25) is 5.10 Å². The molecule has 0 unspecified atom stereocenters. The van der Waals surface area contributed by atoms with Gasteiger partial charge in [0, 0.05) is 24.0 Å². The van der Waals surface area contributed by atoms with Crippen LogP contribution >= 0.6 is 0 Å². The van der Waals surface area contributed by atoms with Gasteiger partial charge in [0.2, 0.25) is 0 Å². The summed E-state index contributed by atoms with van der Waals surface area (Å²) < 4.78 is 13.8. The van der Waals surface area contributed by atoms with Crippen molar-refractivity contribution in [3.05, 3.63) is 95.7 Å². The molecule has 7 heteroatoms. The second-order valence-electron chi connectivity index (χ2n) is 8.74. The number of H-pyrrole nitrogens is 1. The molecule has 0 spiro atoms. The number of aromatic amines is 1. The lowest BCUT2D eigenvalue weighted by Crippen LogP contribution is -2.31. The van der Waals surface area contributed by atoms with Crippen molar-refractivity contribution in [3.63, 3.8) is 0 Å². The van der Waals surface area contributed by atoms with Gasteiger partial charge in [0.05, 0.1) is 11.2 Å². The van der Waals surface area contributed by atoms with E-state index in [4.69, 9.17) is 9.97 Å². The highest BCUT2D eigenvalue weighted by molar-refractivity contribution is 5.92. The molecule has 6 rings (SSSR count). The molecular formula is C28H25FN6. The maximum Gasteiger partial charge on any atom is 0.162 e. The molecule has 0 atom stereocenters. The van der Waals surface area contributed by atoms with Crippen molar-refractivity contribution in [3.8, 4) is 11.4 Å². The molecule has 0 saturated heterocycles. The molecule has 0 radical (unpaired) electrons. The fraction of sp³-hybridized carbons (Fsp3) is 0.179. The number of nitrogens with one attached hydrogen (secondary N) is 2. The van der Waals surface area contributed by atoms with Gasteiger partial charge in [-0.15, -0.1) is 0 Å². The number of fused-ring (bicyclic) bond motifs is 2. The van der Waals surface area contributed by atoms with E-state index in [9.17, 15) is 4.39 Å². The molecule has 1 aliphatic heterocycles. The summed E-state index contributed by atoms with van der Waals surface area (Å²) in [7, 11) is 0. The highest BCUT2D eigenvalue weighted by atomic mass is 19.1. The third-order valence-electron chi connectivity index (χ3n) is 6.44. The fourth-order valence-electron chi connectivity index (χ4n) is 4.75. The minimum absolute atomic E-state index is 0.529. The van der Waals surface area contributed by atoms with Gasteiger partial charge in [-0.25, -0.2) is 14.4 Å². The Kier molecular flexibility index (Phi) is 5.58. The number of para-hydroxylation sites is 1. The largest absolute Gasteiger partial charge is 0.363 e. The number of hydrogen-bond acceptors (Lipinski definition) is 5. The molecule has 0 fully saturated rings. The molecule has 2 aromatic heterocycles. The van der Waals surface area contributed by atoms with Gasteiger partial charge in [-0.2, -0.15) is 5.10 Å². The zero-order valence-electron chi connectivity index (χ0n) is 19.2. The molecule has 0 saturated carbocycles. The molecule has 3 heterocycles. The van der Waals surface area contributed by atoms with Gasteiger partial charge in [0.25, 0.3) is 0 Å². The third kappa shape index (κ3) is 4.10. The van der Waals surface area contributed by atoms with Crippen LogP contribution in [0.5, 0.6) is 0 Å². The minimum Gasteiger partial charge on any atom is -0.363 e. The number of halogens is 1. The Balaban J connectivity index is 1.49. The number of alkyl halides is 1. The van der Waals surface area contributed by atoms with Crippen LogP contribution in [-0.4, -0.2) is 26.7 Å². The van der Waals surface area contributed by atoms with Crippen LogP contribution in [0.1, 0.15) is 23.2 Å². The standard InChI is InChI=1S/C28H25FN6/c29-17-20-11-4-5-12-21(20)26-30-24-15-8-16-35(18-19-9-2-1-3-10-19)25(24)28(31-26)32-27-22-13-6-7-14-23(22)33-34-27/h1-7,9-14H,8,15-18H2,(H2,30,31,32,33,34). The molecular weight excluding hydrogens is 439 g/mol. The summed E-state index contributed by atoms with van der Waals surface area (Å²) in [5, 5.41) is 12.1. The smallest absolute Gasteiger partial charge is 0.162 e. The van der Waals surface area contributed by atoms with Crippen LogP contribution in [-0.2, 0) is 19.6 Å². The monoisotopic (exact) mass is 464 g/mol. The lowest BCUT2D eigenvalue weighted by atomic mass is 10.0. The Morgan fingerprint density at radius 1 is 0.886 bits per heavy atom. The van der Waals surface area contributed by atoms with Crippen molar-refractivity contribution in [1.29, 1.82) is 0 Å². The maximum atomic E-state index is 13.8. The van der Waals surface area contributed by atoms with Crippen LogP contribution in [0.25, 0.3) is 22.3 Å². The minimum atomic E-state index is -0.566. The Morgan fingerprint density at radius 3 is 2.57 bits per heavy atom. The molecule has 2 N–H and O–H groups in total. The van der Waals surface area contributed by atoms with Crippen molar-refractivity contribution < 1.29 is 4.39 Å². The summed E-state index contributed by atoms with van der Waals surface area (Å²) in [5.41, 5.74) is 5.42. The number of aryl methyl sites for hydroxylation is 1. The van der Waals surface area contributed by atoms with E-state index in [1.165, 1.54) is 5.56 Å². The second-order valence-corrected chi connectivity index (χ2v) is 8.74. The van der Waals surface area contributed by atoms with Crippen LogP contribution in [0.4, 0.5) is 21.7 Å². The van der Waals surface area contributed by atoms with Gasteiger partial charge < -0.3 is 10.2 Å². The van der Waals surface area contributed by atoms with E-state index in [2.05, 4.69) is 44.7 Å². The molecule has 5 aromatic rings. The van der Waals surface area contributed by atoms with Crippen molar-refractivity contribution in [2.45, 2.75) is 26.1 Å². The summed E-state index contributed by atoms with van der Waals surface area (Å²) in [5.74, 6) is 1.92. The van der Waals surface area contributed by atoms with E-state index >= 15 is 0 Å². The lowest BCUT2D eigenvalue weighted by Gasteiger charge is -2.32. The normalized spacial score (nSPS) is 13.1. The predicted molar refractivity (Wildman–Crippen MR) is 137 cm³/mol. The van der Waals surface area contributed by atoms with Gasteiger partial charge in [0.15, 0.2) is 17.5 Å². The topological polar surface area (TPSA) is 69.7 Å².